The van der Waals surface area contributed by atoms with E-state index in [0.717, 1.165) is 10.0 Å². The van der Waals surface area contributed by atoms with Crippen LogP contribution in [-0.4, -0.2) is 33.7 Å². The van der Waals surface area contributed by atoms with Gasteiger partial charge in [0.05, 0.1) is 10.4 Å². The molecule has 0 fully saturated rings. The zero-order valence-corrected chi connectivity index (χ0v) is 14.7. The summed E-state index contributed by atoms with van der Waals surface area (Å²) in [4.78, 5) is 11.0. The Morgan fingerprint density at radius 3 is 2.42 bits per heavy atom. The molecule has 0 unspecified atom stereocenters. The van der Waals surface area contributed by atoms with Crippen molar-refractivity contribution in [3.05, 3.63) is 53.7 Å². The number of fused-ring (bicyclic) bond motifs is 1. The van der Waals surface area contributed by atoms with Crippen LogP contribution in [0.3, 0.4) is 0 Å². The first-order valence-electron chi connectivity index (χ1n) is 7.80. The number of phenolic OH excluding ortho intramolecular Hbond substituents is 2. The lowest BCUT2D eigenvalue weighted by Crippen LogP contribution is -2.13. The van der Waals surface area contributed by atoms with Crippen LogP contribution in [0.25, 0.3) is 10.9 Å². The van der Waals surface area contributed by atoms with Gasteiger partial charge in [-0.1, -0.05) is 18.2 Å². The third kappa shape index (κ3) is 2.99. The molecule has 0 spiro atoms. The zero-order valence-electron chi connectivity index (χ0n) is 13.9. The first-order valence-corrected chi connectivity index (χ1v) is 9.24. The van der Waals surface area contributed by atoms with Crippen LogP contribution in [0.2, 0.25) is 0 Å². The van der Waals surface area contributed by atoms with Gasteiger partial charge < -0.3 is 15.3 Å². The molecule has 3 aromatic rings. The van der Waals surface area contributed by atoms with Crippen molar-refractivity contribution in [1.82, 2.24) is 3.97 Å². The van der Waals surface area contributed by atoms with Gasteiger partial charge in [-0.15, -0.1) is 0 Å². The minimum absolute atomic E-state index is 0.0896. The highest BCUT2D eigenvalue weighted by molar-refractivity contribution is 7.90. The molecule has 1 heterocycles. The minimum atomic E-state index is -3.97. The van der Waals surface area contributed by atoms with Gasteiger partial charge in [0.1, 0.15) is 0 Å². The van der Waals surface area contributed by atoms with Gasteiger partial charge in [0, 0.05) is 24.1 Å². The highest BCUT2D eigenvalue weighted by Gasteiger charge is 2.24. The fraction of sp³-hybridized carbons (Fsp3) is 0.167. The highest BCUT2D eigenvalue weighted by Crippen LogP contribution is 2.35. The molecule has 0 amide bonds. The molecule has 0 radical (unpaired) electrons. The number of carboxylic acid groups (broad SMARTS) is 1. The summed E-state index contributed by atoms with van der Waals surface area (Å²) in [6.07, 6.45) is 1.24. The number of hydrogen-bond acceptors (Lipinski definition) is 5. The number of carbonyl (C=O) groups is 1. The minimum Gasteiger partial charge on any atom is -0.504 e. The summed E-state index contributed by atoms with van der Waals surface area (Å²) in [7, 11) is -3.97. The zero-order chi connectivity index (χ0) is 19.1. The number of benzene rings is 2. The molecule has 0 aliphatic heterocycles. The summed E-state index contributed by atoms with van der Waals surface area (Å²) in [5.41, 5.74) is 1.18. The fourth-order valence-corrected chi connectivity index (χ4v) is 4.49. The third-order valence-electron chi connectivity index (χ3n) is 4.19. The molecule has 8 heteroatoms. The average molecular weight is 375 g/mol. The first kappa shape index (κ1) is 17.8. The Hall–Kier alpha value is -3.00. The van der Waals surface area contributed by atoms with E-state index in [1.165, 1.54) is 18.3 Å². The molecule has 26 heavy (non-hydrogen) atoms. The van der Waals surface area contributed by atoms with Crippen LogP contribution in [0, 0.1) is 6.92 Å². The van der Waals surface area contributed by atoms with E-state index in [4.69, 9.17) is 5.11 Å². The highest BCUT2D eigenvalue weighted by atomic mass is 32.2. The number of aromatic hydroxyl groups is 2. The van der Waals surface area contributed by atoms with Crippen molar-refractivity contribution in [1.29, 1.82) is 0 Å². The Bertz CT molecular complexity index is 1110. The van der Waals surface area contributed by atoms with E-state index in [-0.39, 0.29) is 23.3 Å². The molecular formula is C18H17NO6S. The Labute approximate surface area is 149 Å². The van der Waals surface area contributed by atoms with Gasteiger partial charge in [-0.2, -0.15) is 0 Å². The van der Waals surface area contributed by atoms with Gasteiger partial charge in [-0.3, -0.25) is 4.79 Å². The van der Waals surface area contributed by atoms with Crippen LogP contribution >= 0.6 is 0 Å². The van der Waals surface area contributed by atoms with Gasteiger partial charge in [-0.05, 0) is 36.6 Å². The number of carboxylic acids is 1. The van der Waals surface area contributed by atoms with Gasteiger partial charge in [-0.25, -0.2) is 12.4 Å². The second kappa shape index (κ2) is 6.38. The summed E-state index contributed by atoms with van der Waals surface area (Å²) < 4.78 is 27.3. The number of aliphatic carboxylic acids is 1. The van der Waals surface area contributed by atoms with Gasteiger partial charge in [0.25, 0.3) is 10.0 Å². The lowest BCUT2D eigenvalue weighted by atomic mass is 10.1. The maximum absolute atomic E-state index is 13.1. The third-order valence-corrected chi connectivity index (χ3v) is 6.02. The van der Waals surface area contributed by atoms with Crippen LogP contribution in [0.5, 0.6) is 11.5 Å². The Morgan fingerprint density at radius 2 is 1.77 bits per heavy atom. The first-order chi connectivity index (χ1) is 12.2. The van der Waals surface area contributed by atoms with Gasteiger partial charge in [0.15, 0.2) is 11.5 Å². The second-order valence-corrected chi connectivity index (χ2v) is 7.76. The number of nitrogens with zero attached hydrogens (tertiary/aromatic N) is 1. The molecular weight excluding hydrogens is 358 g/mol. The monoisotopic (exact) mass is 375 g/mol. The maximum atomic E-state index is 13.1. The molecule has 0 aliphatic rings. The van der Waals surface area contributed by atoms with E-state index in [9.17, 15) is 23.4 Å². The lowest BCUT2D eigenvalue weighted by molar-refractivity contribution is -0.136. The predicted molar refractivity (Wildman–Crippen MR) is 95.0 cm³/mol. The van der Waals surface area contributed by atoms with E-state index in [2.05, 4.69) is 0 Å². The standard InChI is InChI=1S/C18H17NO6S/c1-11-4-2-3-5-17(11)26(24,25)19-10-12(6-7-18(22)23)13-8-15(20)16(21)9-14(13)19/h2-5,8-10,20-21H,6-7H2,1H3,(H,22,23). The molecule has 3 rings (SSSR count). The summed E-state index contributed by atoms with van der Waals surface area (Å²) in [6.45, 7) is 1.67. The Morgan fingerprint density at radius 1 is 1.12 bits per heavy atom. The van der Waals surface area contributed by atoms with E-state index in [0.29, 0.717) is 16.5 Å². The van der Waals surface area contributed by atoms with Crippen LogP contribution < -0.4 is 0 Å². The molecule has 3 N–H and O–H groups in total. The summed E-state index contributed by atoms with van der Waals surface area (Å²) >= 11 is 0. The van der Waals surface area contributed by atoms with Crippen LogP contribution in [0.4, 0.5) is 0 Å². The molecule has 136 valence electrons. The summed E-state index contributed by atoms with van der Waals surface area (Å²) in [5, 5.41) is 28.9. The van der Waals surface area contributed by atoms with Crippen molar-refractivity contribution >= 4 is 26.9 Å². The fourth-order valence-electron chi connectivity index (χ4n) is 2.88. The largest absolute Gasteiger partial charge is 0.504 e. The molecule has 0 aliphatic carbocycles. The van der Waals surface area contributed by atoms with Crippen LogP contribution in [0.15, 0.2) is 47.5 Å². The maximum Gasteiger partial charge on any atom is 0.303 e. The number of hydrogen-bond donors (Lipinski definition) is 3. The van der Waals surface area contributed by atoms with Crippen LogP contribution in [-0.2, 0) is 21.2 Å². The second-order valence-electron chi connectivity index (χ2n) is 5.97. The lowest BCUT2D eigenvalue weighted by Gasteiger charge is -2.10. The average Bonchev–Trinajstić information content (AvgIpc) is 2.92. The van der Waals surface area contributed by atoms with Crippen molar-refractivity contribution < 1.29 is 28.5 Å². The molecule has 0 bridgehead atoms. The topological polar surface area (TPSA) is 117 Å². The van der Waals surface area contributed by atoms with E-state index >= 15 is 0 Å². The summed E-state index contributed by atoms with van der Waals surface area (Å²) in [5.74, 6) is -1.88. The van der Waals surface area contributed by atoms with Crippen molar-refractivity contribution in [2.45, 2.75) is 24.7 Å². The Kier molecular flexibility index (Phi) is 4.37. The smallest absolute Gasteiger partial charge is 0.303 e. The van der Waals surface area contributed by atoms with E-state index in [1.807, 2.05) is 0 Å². The molecule has 7 nitrogen and oxygen atoms in total. The molecule has 0 atom stereocenters. The van der Waals surface area contributed by atoms with Crippen molar-refractivity contribution in [2.75, 3.05) is 0 Å². The van der Waals surface area contributed by atoms with Gasteiger partial charge in [0.2, 0.25) is 0 Å². The number of rotatable bonds is 5. The van der Waals surface area contributed by atoms with E-state index < -0.39 is 27.5 Å². The van der Waals surface area contributed by atoms with Crippen LogP contribution in [0.1, 0.15) is 17.5 Å². The number of aromatic nitrogens is 1. The SMILES string of the molecule is Cc1ccccc1S(=O)(=O)n1cc(CCC(=O)O)c2cc(O)c(O)cc21. The summed E-state index contributed by atoms with van der Waals surface area (Å²) in [6, 6.07) is 8.89. The Balaban J connectivity index is 2.27. The number of aryl methyl sites for hydroxylation is 2. The molecule has 0 saturated carbocycles. The predicted octanol–water partition coefficient (Wildman–Crippen LogP) is 2.62. The molecule has 2 aromatic carbocycles. The van der Waals surface area contributed by atoms with Crippen molar-refractivity contribution in [3.63, 3.8) is 0 Å². The molecule has 0 saturated heterocycles. The van der Waals surface area contributed by atoms with E-state index in [1.54, 1.807) is 25.1 Å². The van der Waals surface area contributed by atoms with Crippen molar-refractivity contribution in [3.8, 4) is 11.5 Å². The molecule has 1 aromatic heterocycles. The van der Waals surface area contributed by atoms with Gasteiger partial charge >= 0.3 is 5.97 Å². The number of phenols is 2. The quantitative estimate of drug-likeness (QED) is 0.590. The normalized spacial score (nSPS) is 11.7. The van der Waals surface area contributed by atoms with Crippen molar-refractivity contribution in [2.24, 2.45) is 0 Å².